The van der Waals surface area contributed by atoms with Crippen molar-refractivity contribution in [1.82, 2.24) is 0 Å². The molecule has 2 aromatic rings. The predicted molar refractivity (Wildman–Crippen MR) is 71.5 cm³/mol. The SMILES string of the molecule is CO[P@@](=O)(C(=O)c1ccccc1)c1ccccc1. The summed E-state index contributed by atoms with van der Waals surface area (Å²) < 4.78 is 17.8. The van der Waals surface area contributed by atoms with E-state index in [1.807, 2.05) is 0 Å². The second-order valence-electron chi connectivity index (χ2n) is 3.74. The smallest absolute Gasteiger partial charge is 0.300 e. The van der Waals surface area contributed by atoms with Crippen molar-refractivity contribution in [3.8, 4) is 0 Å². The minimum Gasteiger partial charge on any atom is -0.323 e. The van der Waals surface area contributed by atoms with Gasteiger partial charge in [-0.25, -0.2) is 0 Å². The minimum absolute atomic E-state index is 0.395. The van der Waals surface area contributed by atoms with E-state index < -0.39 is 12.9 Å². The third-order valence-corrected chi connectivity index (χ3v) is 4.93. The summed E-state index contributed by atoms with van der Waals surface area (Å²) in [5.41, 5.74) is -0.0802. The van der Waals surface area contributed by atoms with Crippen LogP contribution < -0.4 is 5.30 Å². The summed E-state index contributed by atoms with van der Waals surface area (Å²) >= 11 is 0. The molecule has 0 aliphatic rings. The molecule has 2 rings (SSSR count). The maximum atomic E-state index is 12.7. The van der Waals surface area contributed by atoms with Crippen molar-refractivity contribution >= 4 is 18.2 Å². The van der Waals surface area contributed by atoms with Crippen LogP contribution in [-0.2, 0) is 9.09 Å². The van der Waals surface area contributed by atoms with Crippen LogP contribution in [-0.4, -0.2) is 12.6 Å². The maximum absolute atomic E-state index is 12.7. The molecule has 4 heteroatoms. The van der Waals surface area contributed by atoms with E-state index in [4.69, 9.17) is 4.52 Å². The van der Waals surface area contributed by atoms with E-state index in [0.29, 0.717) is 10.9 Å². The van der Waals surface area contributed by atoms with Gasteiger partial charge in [-0.2, -0.15) is 0 Å². The Kier molecular flexibility index (Phi) is 3.75. The van der Waals surface area contributed by atoms with E-state index in [-0.39, 0.29) is 0 Å². The highest BCUT2D eigenvalue weighted by molar-refractivity contribution is 7.83. The molecule has 1 atom stereocenters. The monoisotopic (exact) mass is 260 g/mol. The van der Waals surface area contributed by atoms with Gasteiger partial charge >= 0.3 is 7.37 Å². The zero-order valence-electron chi connectivity index (χ0n) is 9.95. The van der Waals surface area contributed by atoms with Crippen LogP contribution in [0.4, 0.5) is 0 Å². The van der Waals surface area contributed by atoms with Crippen LogP contribution in [0, 0.1) is 0 Å². The number of rotatable bonds is 4. The molecule has 92 valence electrons. The van der Waals surface area contributed by atoms with Crippen LogP contribution >= 0.6 is 7.37 Å². The fourth-order valence-corrected chi connectivity index (χ4v) is 3.35. The first-order chi connectivity index (χ1) is 8.68. The first-order valence-electron chi connectivity index (χ1n) is 5.50. The molecule has 0 amide bonds. The highest BCUT2D eigenvalue weighted by atomic mass is 31.2. The Bertz CT molecular complexity index is 579. The third kappa shape index (κ3) is 2.28. The van der Waals surface area contributed by atoms with Gasteiger partial charge in [0.1, 0.15) is 0 Å². The molecule has 0 aliphatic heterocycles. The average molecular weight is 260 g/mol. The Morgan fingerprint density at radius 2 is 1.44 bits per heavy atom. The van der Waals surface area contributed by atoms with Gasteiger partial charge in [-0.05, 0) is 12.1 Å². The molecular formula is C14H13O3P. The van der Waals surface area contributed by atoms with Gasteiger partial charge in [0.05, 0.1) is 0 Å². The van der Waals surface area contributed by atoms with Crippen LogP contribution in [0.2, 0.25) is 0 Å². The number of benzene rings is 2. The molecule has 0 saturated carbocycles. The molecule has 0 saturated heterocycles. The number of hydrogen-bond acceptors (Lipinski definition) is 3. The van der Waals surface area contributed by atoms with E-state index in [1.54, 1.807) is 60.7 Å². The van der Waals surface area contributed by atoms with Crippen molar-refractivity contribution < 1.29 is 13.9 Å². The molecule has 0 bridgehead atoms. The summed E-state index contributed by atoms with van der Waals surface area (Å²) in [6.07, 6.45) is 0. The summed E-state index contributed by atoms with van der Waals surface area (Å²) in [5, 5.41) is 0.418. The Labute approximate surface area is 106 Å². The molecule has 18 heavy (non-hydrogen) atoms. The van der Waals surface area contributed by atoms with Crippen molar-refractivity contribution in [3.05, 3.63) is 66.2 Å². The number of hydrogen-bond donors (Lipinski definition) is 0. The standard InChI is InChI=1S/C14H13O3P/c1-17-18(16,13-10-6-3-7-11-13)14(15)12-8-4-2-5-9-12/h2-11H,1H3/t18-/m1/s1. The maximum Gasteiger partial charge on any atom is 0.300 e. The lowest BCUT2D eigenvalue weighted by molar-refractivity contribution is 0.106. The lowest BCUT2D eigenvalue weighted by Crippen LogP contribution is -2.14. The van der Waals surface area contributed by atoms with E-state index in [2.05, 4.69) is 0 Å². The molecule has 0 fully saturated rings. The van der Waals surface area contributed by atoms with Gasteiger partial charge in [-0.15, -0.1) is 0 Å². The van der Waals surface area contributed by atoms with Gasteiger partial charge in [-0.1, -0.05) is 48.5 Å². The average Bonchev–Trinajstić information content (AvgIpc) is 2.47. The van der Waals surface area contributed by atoms with Crippen molar-refractivity contribution in [2.75, 3.05) is 7.11 Å². The van der Waals surface area contributed by atoms with Crippen molar-refractivity contribution in [2.24, 2.45) is 0 Å². The van der Waals surface area contributed by atoms with Gasteiger partial charge in [0, 0.05) is 18.0 Å². The van der Waals surface area contributed by atoms with Crippen molar-refractivity contribution in [3.63, 3.8) is 0 Å². The normalized spacial score (nSPS) is 13.8. The summed E-state index contributed by atoms with van der Waals surface area (Å²) in [7, 11) is -2.20. The Morgan fingerprint density at radius 1 is 0.944 bits per heavy atom. The van der Waals surface area contributed by atoms with E-state index in [0.717, 1.165) is 0 Å². The molecule has 0 aromatic heterocycles. The van der Waals surface area contributed by atoms with Gasteiger partial charge in [0.15, 0.2) is 0 Å². The fourth-order valence-electron chi connectivity index (χ4n) is 1.68. The topological polar surface area (TPSA) is 43.4 Å². The number of carbonyl (C=O) groups excluding carboxylic acids is 1. The predicted octanol–water partition coefficient (Wildman–Crippen LogP) is 3.08. The van der Waals surface area contributed by atoms with Gasteiger partial charge in [0.2, 0.25) is 0 Å². The van der Waals surface area contributed by atoms with E-state index in [9.17, 15) is 9.36 Å². The second-order valence-corrected chi connectivity index (χ2v) is 6.13. The van der Waals surface area contributed by atoms with Crippen LogP contribution in [0.3, 0.4) is 0 Å². The fraction of sp³-hybridized carbons (Fsp3) is 0.0714. The summed E-state index contributed by atoms with van der Waals surface area (Å²) in [5.74, 6) is 0. The largest absolute Gasteiger partial charge is 0.323 e. The Morgan fingerprint density at radius 3 is 1.94 bits per heavy atom. The molecule has 0 N–H and O–H groups in total. The molecule has 0 spiro atoms. The van der Waals surface area contributed by atoms with Crippen LogP contribution in [0.15, 0.2) is 60.7 Å². The zero-order chi connectivity index (χ0) is 13.0. The van der Waals surface area contributed by atoms with E-state index >= 15 is 0 Å². The zero-order valence-corrected chi connectivity index (χ0v) is 10.8. The van der Waals surface area contributed by atoms with Gasteiger partial charge < -0.3 is 4.52 Å². The lowest BCUT2D eigenvalue weighted by Gasteiger charge is -2.14. The van der Waals surface area contributed by atoms with Crippen LogP contribution in [0.25, 0.3) is 0 Å². The third-order valence-electron chi connectivity index (χ3n) is 2.64. The minimum atomic E-state index is -3.50. The summed E-state index contributed by atoms with van der Waals surface area (Å²) in [4.78, 5) is 12.3. The van der Waals surface area contributed by atoms with E-state index in [1.165, 1.54) is 7.11 Å². The molecule has 3 nitrogen and oxygen atoms in total. The molecule has 0 unspecified atom stereocenters. The van der Waals surface area contributed by atoms with Crippen LogP contribution in [0.5, 0.6) is 0 Å². The molecule has 2 aromatic carbocycles. The first-order valence-corrected chi connectivity index (χ1v) is 7.12. The lowest BCUT2D eigenvalue weighted by atomic mass is 10.2. The molecule has 0 heterocycles. The first kappa shape index (κ1) is 12.7. The van der Waals surface area contributed by atoms with Crippen molar-refractivity contribution in [2.45, 2.75) is 0 Å². The number of carbonyl (C=O) groups is 1. The molecule has 0 aliphatic carbocycles. The van der Waals surface area contributed by atoms with Crippen molar-refractivity contribution in [1.29, 1.82) is 0 Å². The Balaban J connectivity index is 2.47. The van der Waals surface area contributed by atoms with Gasteiger partial charge in [-0.3, -0.25) is 9.36 Å². The Hall–Kier alpha value is -1.70. The summed E-state index contributed by atoms with van der Waals surface area (Å²) in [6, 6.07) is 17.1. The quantitative estimate of drug-likeness (QED) is 0.793. The second kappa shape index (κ2) is 5.30. The molecule has 0 radical (unpaired) electrons. The van der Waals surface area contributed by atoms with Gasteiger partial charge in [0.25, 0.3) is 5.52 Å². The highest BCUT2D eigenvalue weighted by Gasteiger charge is 2.34. The molecular weight excluding hydrogens is 247 g/mol. The highest BCUT2D eigenvalue weighted by Crippen LogP contribution is 2.47. The summed E-state index contributed by atoms with van der Waals surface area (Å²) in [6.45, 7) is 0. The van der Waals surface area contributed by atoms with Crippen LogP contribution in [0.1, 0.15) is 10.4 Å².